The van der Waals surface area contributed by atoms with Crippen LogP contribution < -0.4 is 14.4 Å². The van der Waals surface area contributed by atoms with Gasteiger partial charge in [-0.2, -0.15) is 0 Å². The van der Waals surface area contributed by atoms with Crippen LogP contribution in [0.5, 0.6) is 5.75 Å². The molecule has 29 heavy (non-hydrogen) atoms. The van der Waals surface area contributed by atoms with E-state index in [0.29, 0.717) is 18.5 Å². The van der Waals surface area contributed by atoms with Crippen molar-refractivity contribution < 1.29 is 17.9 Å². The monoisotopic (exact) mass is 418 g/mol. The molecule has 0 aliphatic rings. The van der Waals surface area contributed by atoms with Crippen LogP contribution in [0.3, 0.4) is 0 Å². The van der Waals surface area contributed by atoms with E-state index in [9.17, 15) is 13.2 Å². The van der Waals surface area contributed by atoms with E-state index in [-0.39, 0.29) is 11.9 Å². The molecule has 2 rings (SSSR count). The summed E-state index contributed by atoms with van der Waals surface area (Å²) in [5.74, 6) is 0.468. The summed E-state index contributed by atoms with van der Waals surface area (Å²) in [5, 5.41) is 3.04. The van der Waals surface area contributed by atoms with Crippen molar-refractivity contribution in [1.82, 2.24) is 5.32 Å². The van der Waals surface area contributed by atoms with Gasteiger partial charge in [0.2, 0.25) is 15.9 Å². The minimum atomic E-state index is -3.64. The van der Waals surface area contributed by atoms with Crippen molar-refractivity contribution >= 4 is 21.6 Å². The summed E-state index contributed by atoms with van der Waals surface area (Å²) in [6.07, 6.45) is 2.16. The highest BCUT2D eigenvalue weighted by molar-refractivity contribution is 7.92. The lowest BCUT2D eigenvalue weighted by atomic mass is 10.0. The van der Waals surface area contributed by atoms with Crippen molar-refractivity contribution in [2.24, 2.45) is 0 Å². The Morgan fingerprint density at radius 2 is 1.76 bits per heavy atom. The third-order valence-electron chi connectivity index (χ3n) is 4.89. The maximum Gasteiger partial charge on any atom is 0.244 e. The molecule has 0 bridgehead atoms. The molecule has 0 heterocycles. The maximum absolute atomic E-state index is 13.1. The number of carbonyl (C=O) groups is 1. The zero-order valence-corrected chi connectivity index (χ0v) is 18.5. The van der Waals surface area contributed by atoms with E-state index in [4.69, 9.17) is 4.74 Å². The summed E-state index contributed by atoms with van der Waals surface area (Å²) in [7, 11) is -2.02. The van der Waals surface area contributed by atoms with Crippen LogP contribution in [-0.4, -0.2) is 33.7 Å². The van der Waals surface area contributed by atoms with E-state index < -0.39 is 16.1 Å². The van der Waals surface area contributed by atoms with Gasteiger partial charge in [-0.15, -0.1) is 0 Å². The molecule has 7 heteroatoms. The minimum absolute atomic E-state index is 0.224. The molecule has 0 aliphatic heterocycles. The van der Waals surface area contributed by atoms with Crippen LogP contribution in [0.15, 0.2) is 48.5 Å². The van der Waals surface area contributed by atoms with E-state index in [1.807, 2.05) is 45.0 Å². The van der Waals surface area contributed by atoms with Crippen LogP contribution in [0, 0.1) is 6.92 Å². The van der Waals surface area contributed by atoms with E-state index in [2.05, 4.69) is 5.32 Å². The number of methoxy groups -OCH3 is 1. The molecule has 0 saturated heterocycles. The summed E-state index contributed by atoms with van der Waals surface area (Å²) in [4.78, 5) is 13.1. The molecule has 2 atom stereocenters. The zero-order chi connectivity index (χ0) is 21.6. The van der Waals surface area contributed by atoms with Crippen molar-refractivity contribution in [3.63, 3.8) is 0 Å². The number of para-hydroxylation sites is 1. The fourth-order valence-corrected chi connectivity index (χ4v) is 4.65. The molecule has 2 unspecified atom stereocenters. The number of benzene rings is 2. The fourth-order valence-electron chi connectivity index (χ4n) is 3.44. The molecule has 2 aromatic rings. The predicted molar refractivity (Wildman–Crippen MR) is 117 cm³/mol. The van der Waals surface area contributed by atoms with Crippen molar-refractivity contribution in [3.05, 3.63) is 59.7 Å². The van der Waals surface area contributed by atoms with Gasteiger partial charge < -0.3 is 10.1 Å². The first kappa shape index (κ1) is 22.7. The van der Waals surface area contributed by atoms with Gasteiger partial charge in [0.1, 0.15) is 11.8 Å². The lowest BCUT2D eigenvalue weighted by molar-refractivity contribution is -0.123. The molecule has 6 nitrogen and oxygen atoms in total. The van der Waals surface area contributed by atoms with Gasteiger partial charge in [-0.05, 0) is 49.1 Å². The predicted octanol–water partition coefficient (Wildman–Crippen LogP) is 3.82. The standard InChI is InChI=1S/C22H30N2O4S/c1-6-19(17-13-14-21(28-4)16(3)15-17)23-22(25)20(7-2)24(29(5,26)27)18-11-9-8-10-12-18/h8-15,19-20H,6-7H2,1-5H3,(H,23,25). The van der Waals surface area contributed by atoms with Gasteiger partial charge in [0.15, 0.2) is 0 Å². The van der Waals surface area contributed by atoms with Gasteiger partial charge in [0.05, 0.1) is 25.1 Å². The first-order chi connectivity index (χ1) is 13.7. The topological polar surface area (TPSA) is 75.7 Å². The number of ether oxygens (including phenoxy) is 1. The molecular formula is C22H30N2O4S. The second kappa shape index (κ2) is 9.78. The highest BCUT2D eigenvalue weighted by Gasteiger charge is 2.32. The molecule has 0 aliphatic carbocycles. The first-order valence-electron chi connectivity index (χ1n) is 9.72. The SMILES string of the molecule is CCC(NC(=O)C(CC)N(c1ccccc1)S(C)(=O)=O)c1ccc(OC)c(C)c1. The number of hydrogen-bond acceptors (Lipinski definition) is 4. The van der Waals surface area contributed by atoms with Crippen LogP contribution in [0.4, 0.5) is 5.69 Å². The third-order valence-corrected chi connectivity index (χ3v) is 6.07. The number of rotatable bonds is 9. The van der Waals surface area contributed by atoms with Crippen molar-refractivity contribution in [2.45, 2.75) is 45.7 Å². The summed E-state index contributed by atoms with van der Waals surface area (Å²) in [6.45, 7) is 5.74. The Morgan fingerprint density at radius 1 is 1.10 bits per heavy atom. The average molecular weight is 419 g/mol. The third kappa shape index (κ3) is 5.50. The smallest absolute Gasteiger partial charge is 0.244 e. The summed E-state index contributed by atoms with van der Waals surface area (Å²) in [5.41, 5.74) is 2.41. The largest absolute Gasteiger partial charge is 0.496 e. The summed E-state index contributed by atoms with van der Waals surface area (Å²) >= 11 is 0. The number of aryl methyl sites for hydroxylation is 1. The van der Waals surface area contributed by atoms with Gasteiger partial charge in [0.25, 0.3) is 0 Å². The molecule has 1 amide bonds. The molecule has 1 N–H and O–H groups in total. The van der Waals surface area contributed by atoms with Gasteiger partial charge >= 0.3 is 0 Å². The lowest BCUT2D eigenvalue weighted by Gasteiger charge is -2.31. The molecule has 0 radical (unpaired) electrons. The normalized spacial score (nSPS) is 13.4. The van der Waals surface area contributed by atoms with Crippen LogP contribution in [0.2, 0.25) is 0 Å². The van der Waals surface area contributed by atoms with E-state index in [0.717, 1.165) is 23.1 Å². The van der Waals surface area contributed by atoms with Gasteiger partial charge in [-0.25, -0.2) is 8.42 Å². The molecular weight excluding hydrogens is 388 g/mol. The van der Waals surface area contributed by atoms with Crippen molar-refractivity contribution in [1.29, 1.82) is 0 Å². The van der Waals surface area contributed by atoms with Gasteiger partial charge in [-0.3, -0.25) is 9.10 Å². The Balaban J connectivity index is 2.32. The summed E-state index contributed by atoms with van der Waals surface area (Å²) in [6, 6.07) is 13.4. The maximum atomic E-state index is 13.1. The van der Waals surface area contributed by atoms with Crippen LogP contribution in [-0.2, 0) is 14.8 Å². The molecule has 158 valence electrons. The minimum Gasteiger partial charge on any atom is -0.496 e. The average Bonchev–Trinajstić information content (AvgIpc) is 2.69. The molecule has 0 saturated carbocycles. The quantitative estimate of drug-likeness (QED) is 0.672. The molecule has 0 spiro atoms. The highest BCUT2D eigenvalue weighted by Crippen LogP contribution is 2.26. The lowest BCUT2D eigenvalue weighted by Crippen LogP contribution is -2.50. The molecule has 2 aromatic carbocycles. The Labute approximate surface area is 173 Å². The second-order valence-corrected chi connectivity index (χ2v) is 8.88. The Kier molecular flexibility index (Phi) is 7.67. The molecule has 0 aromatic heterocycles. The zero-order valence-electron chi connectivity index (χ0n) is 17.7. The first-order valence-corrected chi connectivity index (χ1v) is 11.6. The molecule has 0 fully saturated rings. The van der Waals surface area contributed by atoms with Crippen LogP contribution in [0.1, 0.15) is 43.9 Å². The number of hydrogen-bond donors (Lipinski definition) is 1. The van der Waals surface area contributed by atoms with Gasteiger partial charge in [-0.1, -0.05) is 44.2 Å². The van der Waals surface area contributed by atoms with E-state index in [1.54, 1.807) is 31.4 Å². The number of nitrogens with zero attached hydrogens (tertiary/aromatic N) is 1. The number of anilines is 1. The van der Waals surface area contributed by atoms with Crippen LogP contribution in [0.25, 0.3) is 0 Å². The number of sulfonamides is 1. The summed E-state index contributed by atoms with van der Waals surface area (Å²) < 4.78 is 31.5. The van der Waals surface area contributed by atoms with Crippen molar-refractivity contribution in [3.8, 4) is 5.75 Å². The highest BCUT2D eigenvalue weighted by atomic mass is 32.2. The fraction of sp³-hybridized carbons (Fsp3) is 0.409. The number of amides is 1. The van der Waals surface area contributed by atoms with Crippen molar-refractivity contribution in [2.75, 3.05) is 17.7 Å². The Hall–Kier alpha value is -2.54. The number of carbonyl (C=O) groups excluding carboxylic acids is 1. The Morgan fingerprint density at radius 3 is 2.24 bits per heavy atom. The van der Waals surface area contributed by atoms with Crippen LogP contribution >= 0.6 is 0 Å². The van der Waals surface area contributed by atoms with Gasteiger partial charge in [0, 0.05) is 0 Å². The Bertz CT molecular complexity index is 929. The van der Waals surface area contributed by atoms with E-state index in [1.165, 1.54) is 4.31 Å². The van der Waals surface area contributed by atoms with E-state index >= 15 is 0 Å². The number of nitrogens with one attached hydrogen (secondary N) is 1. The second-order valence-electron chi connectivity index (χ2n) is 7.02.